The van der Waals surface area contributed by atoms with E-state index in [9.17, 15) is 14.4 Å². The minimum atomic E-state index is -0.792. The van der Waals surface area contributed by atoms with Crippen molar-refractivity contribution < 1.29 is 28.6 Å². The average Bonchev–Trinajstić information content (AvgIpc) is 3.29. The first kappa shape index (κ1) is 61.4. The summed E-state index contributed by atoms with van der Waals surface area (Å²) in [6, 6.07) is 0. The van der Waals surface area contributed by atoms with Crippen LogP contribution in [0.25, 0.3) is 0 Å². The largest absolute Gasteiger partial charge is 0.462 e. The zero-order chi connectivity index (χ0) is 46.5. The molecule has 0 aromatic heterocycles. The van der Waals surface area contributed by atoms with E-state index in [1.54, 1.807) is 0 Å². The molecule has 64 heavy (non-hydrogen) atoms. The van der Waals surface area contributed by atoms with E-state index >= 15 is 0 Å². The molecule has 0 spiro atoms. The van der Waals surface area contributed by atoms with Gasteiger partial charge in [0.25, 0.3) is 0 Å². The fourth-order valence-corrected chi connectivity index (χ4v) is 7.86. The molecule has 0 N–H and O–H groups in total. The second-order valence-electron chi connectivity index (χ2n) is 18.5. The third-order valence-electron chi connectivity index (χ3n) is 12.1. The van der Waals surface area contributed by atoms with Crippen molar-refractivity contribution in [3.8, 4) is 0 Å². The van der Waals surface area contributed by atoms with E-state index in [-0.39, 0.29) is 37.5 Å². The van der Waals surface area contributed by atoms with Crippen LogP contribution in [0.4, 0.5) is 0 Å². The Hall–Kier alpha value is -2.63. The van der Waals surface area contributed by atoms with Gasteiger partial charge in [-0.25, -0.2) is 0 Å². The van der Waals surface area contributed by atoms with Crippen molar-refractivity contribution in [2.24, 2.45) is 0 Å². The van der Waals surface area contributed by atoms with Gasteiger partial charge in [-0.05, 0) is 83.5 Å². The fourth-order valence-electron chi connectivity index (χ4n) is 7.86. The standard InChI is InChI=1S/C58H104O6/c1-4-7-10-13-16-19-22-25-28-29-31-33-36-39-42-45-48-51-57(60)63-54-55(53-62-56(59)50-47-44-41-38-35-32-27-24-21-18-15-12-9-6-3)64-58(61)52-49-46-43-40-37-34-30-26-23-20-17-14-11-8-5-2/h17,20,25-26,28,30,37,40,55H,4-16,18-19,21-24,27,29,31-36,38-39,41-54H2,1-3H3/b20-17-,28-25-,30-26-,40-37-/t55-/m1/s1. The van der Waals surface area contributed by atoms with Crippen LogP contribution >= 0.6 is 0 Å². The zero-order valence-electron chi connectivity index (χ0n) is 42.6. The van der Waals surface area contributed by atoms with Gasteiger partial charge in [0.05, 0.1) is 0 Å². The number of unbranched alkanes of at least 4 members (excludes halogenated alkanes) is 31. The van der Waals surface area contributed by atoms with Crippen molar-refractivity contribution >= 4 is 17.9 Å². The van der Waals surface area contributed by atoms with Crippen LogP contribution < -0.4 is 0 Å². The summed E-state index contributed by atoms with van der Waals surface area (Å²) in [5.74, 6) is -0.919. The Morgan fingerprint density at radius 3 is 0.953 bits per heavy atom. The molecular formula is C58H104O6. The summed E-state index contributed by atoms with van der Waals surface area (Å²) < 4.78 is 16.8. The van der Waals surface area contributed by atoms with Gasteiger partial charge in [0.15, 0.2) is 6.10 Å². The highest BCUT2D eigenvalue weighted by molar-refractivity contribution is 5.71. The summed E-state index contributed by atoms with van der Waals surface area (Å²) in [4.78, 5) is 38.0. The monoisotopic (exact) mass is 897 g/mol. The SMILES string of the molecule is CCCCC/C=C\C/C=C\C/C=C\CCCCC(=O)O[C@@H](COC(=O)CCCCCCCCC/C=C\CCCCCCCC)COC(=O)CCCCCCCCCCCCCCCC. The van der Waals surface area contributed by atoms with E-state index < -0.39 is 6.10 Å². The number of carbonyl (C=O) groups is 3. The summed E-state index contributed by atoms with van der Waals surface area (Å²) in [6.45, 7) is 6.59. The molecule has 0 rings (SSSR count). The van der Waals surface area contributed by atoms with Crippen LogP contribution in [0.15, 0.2) is 48.6 Å². The molecule has 0 bridgehead atoms. The topological polar surface area (TPSA) is 78.9 Å². The van der Waals surface area contributed by atoms with E-state index in [1.165, 1.54) is 173 Å². The highest BCUT2D eigenvalue weighted by atomic mass is 16.6. The number of ether oxygens (including phenoxy) is 3. The minimum absolute atomic E-state index is 0.0870. The van der Waals surface area contributed by atoms with Gasteiger partial charge in [-0.1, -0.05) is 230 Å². The predicted molar refractivity (Wildman–Crippen MR) is 275 cm³/mol. The van der Waals surface area contributed by atoms with Crippen molar-refractivity contribution in [2.45, 2.75) is 290 Å². The Kier molecular flexibility index (Phi) is 50.8. The molecule has 0 aliphatic heterocycles. The zero-order valence-corrected chi connectivity index (χ0v) is 42.6. The third kappa shape index (κ3) is 50.4. The van der Waals surface area contributed by atoms with Crippen LogP contribution in [-0.2, 0) is 28.6 Å². The number of hydrogen-bond acceptors (Lipinski definition) is 6. The predicted octanol–water partition coefficient (Wildman–Crippen LogP) is 18.3. The molecule has 372 valence electrons. The number of allylic oxidation sites excluding steroid dienone is 8. The van der Waals surface area contributed by atoms with Crippen molar-refractivity contribution in [3.63, 3.8) is 0 Å². The van der Waals surface area contributed by atoms with Gasteiger partial charge >= 0.3 is 17.9 Å². The quantitative estimate of drug-likeness (QED) is 0.0262. The molecule has 6 nitrogen and oxygen atoms in total. The lowest BCUT2D eigenvalue weighted by atomic mass is 10.0. The van der Waals surface area contributed by atoms with Crippen LogP contribution in [0.5, 0.6) is 0 Å². The maximum Gasteiger partial charge on any atom is 0.306 e. The van der Waals surface area contributed by atoms with E-state index in [2.05, 4.69) is 69.4 Å². The van der Waals surface area contributed by atoms with Gasteiger partial charge < -0.3 is 14.2 Å². The van der Waals surface area contributed by atoms with Crippen molar-refractivity contribution in [2.75, 3.05) is 13.2 Å². The molecule has 0 radical (unpaired) electrons. The second kappa shape index (κ2) is 53.0. The molecule has 0 saturated carbocycles. The van der Waals surface area contributed by atoms with Crippen LogP contribution in [0.2, 0.25) is 0 Å². The van der Waals surface area contributed by atoms with Gasteiger partial charge in [0, 0.05) is 19.3 Å². The molecule has 0 fully saturated rings. The maximum absolute atomic E-state index is 12.8. The van der Waals surface area contributed by atoms with E-state index in [0.717, 1.165) is 64.2 Å². The number of esters is 3. The Morgan fingerprint density at radius 2 is 0.562 bits per heavy atom. The lowest BCUT2D eigenvalue weighted by Crippen LogP contribution is -2.30. The molecule has 0 aliphatic rings. The molecule has 1 atom stereocenters. The molecule has 0 unspecified atom stereocenters. The van der Waals surface area contributed by atoms with E-state index in [1.807, 2.05) is 0 Å². The summed E-state index contributed by atoms with van der Waals surface area (Å²) in [7, 11) is 0. The first-order chi connectivity index (χ1) is 31.5. The van der Waals surface area contributed by atoms with Crippen molar-refractivity contribution in [1.29, 1.82) is 0 Å². The Labute approximate surface area is 397 Å². The summed E-state index contributed by atoms with van der Waals surface area (Å²) in [5.41, 5.74) is 0. The highest BCUT2D eigenvalue weighted by Gasteiger charge is 2.19. The molecule has 0 heterocycles. The molecule has 0 aromatic carbocycles. The normalized spacial score (nSPS) is 12.4. The highest BCUT2D eigenvalue weighted by Crippen LogP contribution is 2.15. The first-order valence-corrected chi connectivity index (χ1v) is 27.6. The van der Waals surface area contributed by atoms with Crippen LogP contribution in [0.3, 0.4) is 0 Å². The van der Waals surface area contributed by atoms with Gasteiger partial charge in [-0.2, -0.15) is 0 Å². The molecule has 6 heteroatoms. The Morgan fingerprint density at radius 1 is 0.312 bits per heavy atom. The minimum Gasteiger partial charge on any atom is -0.462 e. The smallest absolute Gasteiger partial charge is 0.306 e. The summed E-state index contributed by atoms with van der Waals surface area (Å²) >= 11 is 0. The van der Waals surface area contributed by atoms with E-state index in [0.29, 0.717) is 19.3 Å². The van der Waals surface area contributed by atoms with Gasteiger partial charge in [-0.15, -0.1) is 0 Å². The third-order valence-corrected chi connectivity index (χ3v) is 12.1. The molecule has 0 amide bonds. The Bertz CT molecular complexity index is 1120. The van der Waals surface area contributed by atoms with Crippen molar-refractivity contribution in [3.05, 3.63) is 48.6 Å². The fraction of sp³-hybridized carbons (Fsp3) is 0.810. The van der Waals surface area contributed by atoms with Gasteiger partial charge in [0.1, 0.15) is 13.2 Å². The number of carbonyl (C=O) groups excluding carboxylic acids is 3. The number of rotatable bonds is 50. The lowest BCUT2D eigenvalue weighted by molar-refractivity contribution is -0.167. The second-order valence-corrected chi connectivity index (χ2v) is 18.5. The lowest BCUT2D eigenvalue weighted by Gasteiger charge is -2.18. The molecular weight excluding hydrogens is 793 g/mol. The maximum atomic E-state index is 12.8. The van der Waals surface area contributed by atoms with Gasteiger partial charge in [0.2, 0.25) is 0 Å². The van der Waals surface area contributed by atoms with Crippen LogP contribution in [0, 0.1) is 0 Å². The Balaban J connectivity index is 4.41. The van der Waals surface area contributed by atoms with Crippen LogP contribution in [0.1, 0.15) is 284 Å². The average molecular weight is 897 g/mol. The van der Waals surface area contributed by atoms with Crippen LogP contribution in [-0.4, -0.2) is 37.2 Å². The first-order valence-electron chi connectivity index (χ1n) is 27.6. The molecule has 0 aliphatic carbocycles. The summed E-state index contributed by atoms with van der Waals surface area (Å²) in [6.07, 6.45) is 63.8. The molecule has 0 aromatic rings. The summed E-state index contributed by atoms with van der Waals surface area (Å²) in [5, 5.41) is 0. The molecule has 0 saturated heterocycles. The van der Waals surface area contributed by atoms with E-state index in [4.69, 9.17) is 14.2 Å². The number of hydrogen-bond donors (Lipinski definition) is 0. The van der Waals surface area contributed by atoms with Crippen molar-refractivity contribution in [1.82, 2.24) is 0 Å². The van der Waals surface area contributed by atoms with Gasteiger partial charge in [-0.3, -0.25) is 14.4 Å².